The lowest BCUT2D eigenvalue weighted by atomic mass is 10.0. The van der Waals surface area contributed by atoms with Crippen molar-refractivity contribution in [1.82, 2.24) is 0 Å². The Labute approximate surface area is 136 Å². The van der Waals surface area contributed by atoms with E-state index in [0.29, 0.717) is 22.3 Å². The molecule has 0 saturated carbocycles. The van der Waals surface area contributed by atoms with Gasteiger partial charge in [-0.2, -0.15) is 5.26 Å². The van der Waals surface area contributed by atoms with Gasteiger partial charge in [0.25, 0.3) is 0 Å². The highest BCUT2D eigenvalue weighted by atomic mass is 19.1. The number of hydrogen-bond acceptors (Lipinski definition) is 5. The highest BCUT2D eigenvalue weighted by Crippen LogP contribution is 2.37. The molecule has 5 nitrogen and oxygen atoms in total. The number of carbonyl (C=O) groups is 1. The minimum absolute atomic E-state index is 0.196. The fourth-order valence-corrected chi connectivity index (χ4v) is 2.49. The van der Waals surface area contributed by atoms with E-state index in [2.05, 4.69) is 0 Å². The van der Waals surface area contributed by atoms with Crippen LogP contribution in [-0.2, 0) is 4.74 Å². The molecule has 0 N–H and O–H groups in total. The molecule has 0 atom stereocenters. The summed E-state index contributed by atoms with van der Waals surface area (Å²) in [5.74, 6) is -0.432. The number of halogens is 1. The standard InChI is InChI=1S/C18H12FNO4/c1-22-14-8-13-15(7-11(14)9-20)24-17(16(13)18(21)23-2)10-3-5-12(19)6-4-10/h3-8H,1-2H3. The molecule has 0 radical (unpaired) electrons. The highest BCUT2D eigenvalue weighted by molar-refractivity contribution is 6.09. The fourth-order valence-electron chi connectivity index (χ4n) is 2.49. The molecule has 0 saturated heterocycles. The highest BCUT2D eigenvalue weighted by Gasteiger charge is 2.24. The van der Waals surface area contributed by atoms with Crippen LogP contribution in [0.15, 0.2) is 40.8 Å². The van der Waals surface area contributed by atoms with Gasteiger partial charge in [-0.05, 0) is 30.3 Å². The zero-order valence-electron chi connectivity index (χ0n) is 12.9. The zero-order valence-corrected chi connectivity index (χ0v) is 12.9. The molecule has 0 unspecified atom stereocenters. The summed E-state index contributed by atoms with van der Waals surface area (Å²) in [5.41, 5.74) is 1.33. The second-order valence-electron chi connectivity index (χ2n) is 4.97. The van der Waals surface area contributed by atoms with E-state index in [1.165, 1.54) is 44.6 Å². The van der Waals surface area contributed by atoms with Gasteiger partial charge in [-0.25, -0.2) is 9.18 Å². The predicted molar refractivity (Wildman–Crippen MR) is 84.2 cm³/mol. The number of carbonyl (C=O) groups excluding carboxylic acids is 1. The van der Waals surface area contributed by atoms with Crippen LogP contribution in [0.3, 0.4) is 0 Å². The lowest BCUT2D eigenvalue weighted by Crippen LogP contribution is -2.02. The number of fused-ring (bicyclic) bond motifs is 1. The Morgan fingerprint density at radius 2 is 1.92 bits per heavy atom. The second kappa shape index (κ2) is 6.05. The van der Waals surface area contributed by atoms with Crippen LogP contribution >= 0.6 is 0 Å². The third-order valence-electron chi connectivity index (χ3n) is 3.63. The fraction of sp³-hybridized carbons (Fsp3) is 0.111. The van der Waals surface area contributed by atoms with Crippen LogP contribution in [0.2, 0.25) is 0 Å². The van der Waals surface area contributed by atoms with Crippen LogP contribution in [0.5, 0.6) is 5.75 Å². The largest absolute Gasteiger partial charge is 0.495 e. The summed E-state index contributed by atoms with van der Waals surface area (Å²) in [7, 11) is 2.69. The average molecular weight is 325 g/mol. The van der Waals surface area contributed by atoms with Crippen molar-refractivity contribution in [2.75, 3.05) is 14.2 Å². The lowest BCUT2D eigenvalue weighted by molar-refractivity contribution is 0.0603. The molecule has 0 aliphatic heterocycles. The Bertz CT molecular complexity index is 967. The van der Waals surface area contributed by atoms with Gasteiger partial charge in [0, 0.05) is 17.0 Å². The maximum absolute atomic E-state index is 13.2. The van der Waals surface area contributed by atoms with Crippen molar-refractivity contribution in [3.05, 3.63) is 53.3 Å². The maximum Gasteiger partial charge on any atom is 0.342 e. The van der Waals surface area contributed by atoms with Crippen molar-refractivity contribution in [2.24, 2.45) is 0 Å². The topological polar surface area (TPSA) is 72.5 Å². The minimum atomic E-state index is -0.597. The van der Waals surface area contributed by atoms with E-state index < -0.39 is 11.8 Å². The molecule has 120 valence electrons. The predicted octanol–water partition coefficient (Wildman–Crippen LogP) is 3.91. The van der Waals surface area contributed by atoms with Gasteiger partial charge < -0.3 is 13.9 Å². The first-order valence-corrected chi connectivity index (χ1v) is 6.98. The van der Waals surface area contributed by atoms with Crippen molar-refractivity contribution in [2.45, 2.75) is 0 Å². The number of ether oxygens (including phenoxy) is 2. The number of nitriles is 1. The maximum atomic E-state index is 13.2. The van der Waals surface area contributed by atoms with Crippen molar-refractivity contribution in [3.8, 4) is 23.1 Å². The normalized spacial score (nSPS) is 10.4. The van der Waals surface area contributed by atoms with Crippen LogP contribution < -0.4 is 4.74 Å². The summed E-state index contributed by atoms with van der Waals surface area (Å²) in [6.07, 6.45) is 0. The molecule has 0 spiro atoms. The van der Waals surface area contributed by atoms with E-state index >= 15 is 0 Å². The van der Waals surface area contributed by atoms with E-state index in [9.17, 15) is 14.4 Å². The summed E-state index contributed by atoms with van der Waals surface area (Å²) in [6.45, 7) is 0. The molecule has 3 aromatic rings. The first-order valence-electron chi connectivity index (χ1n) is 6.98. The molecule has 0 bridgehead atoms. The number of benzene rings is 2. The first-order chi connectivity index (χ1) is 11.6. The van der Waals surface area contributed by atoms with Crippen LogP contribution in [0.25, 0.3) is 22.3 Å². The quantitative estimate of drug-likeness (QED) is 0.683. The van der Waals surface area contributed by atoms with Crippen molar-refractivity contribution < 1.29 is 23.1 Å². The van der Waals surface area contributed by atoms with Gasteiger partial charge in [0.1, 0.15) is 34.5 Å². The van der Waals surface area contributed by atoms with Gasteiger partial charge in [-0.15, -0.1) is 0 Å². The zero-order chi connectivity index (χ0) is 17.3. The smallest absolute Gasteiger partial charge is 0.342 e. The van der Waals surface area contributed by atoms with E-state index in [1.54, 1.807) is 6.07 Å². The number of rotatable bonds is 3. The molecule has 2 aromatic carbocycles. The molecular formula is C18H12FNO4. The van der Waals surface area contributed by atoms with Crippen LogP contribution in [0, 0.1) is 17.1 Å². The lowest BCUT2D eigenvalue weighted by Gasteiger charge is -2.03. The second-order valence-corrected chi connectivity index (χ2v) is 4.97. The first kappa shape index (κ1) is 15.6. The number of furan rings is 1. The molecule has 0 aliphatic carbocycles. The molecule has 1 heterocycles. The van der Waals surface area contributed by atoms with Crippen molar-refractivity contribution in [3.63, 3.8) is 0 Å². The van der Waals surface area contributed by atoms with Crippen LogP contribution in [0.4, 0.5) is 4.39 Å². The summed E-state index contributed by atoms with van der Waals surface area (Å²) < 4.78 is 28.9. The molecule has 0 amide bonds. The Morgan fingerprint density at radius 1 is 1.21 bits per heavy atom. The SMILES string of the molecule is COC(=O)c1c(-c2ccc(F)cc2)oc2cc(C#N)c(OC)cc12. The van der Waals surface area contributed by atoms with Crippen molar-refractivity contribution in [1.29, 1.82) is 5.26 Å². The number of esters is 1. The van der Waals surface area contributed by atoms with Gasteiger partial charge in [0.2, 0.25) is 0 Å². The molecule has 0 aliphatic rings. The Hall–Kier alpha value is -3.33. The molecule has 3 rings (SSSR count). The molecule has 6 heteroatoms. The van der Waals surface area contributed by atoms with Gasteiger partial charge in [0.15, 0.2) is 0 Å². The molecule has 0 fully saturated rings. The van der Waals surface area contributed by atoms with Crippen LogP contribution in [-0.4, -0.2) is 20.2 Å². The molecular weight excluding hydrogens is 313 g/mol. The van der Waals surface area contributed by atoms with E-state index in [0.717, 1.165) is 0 Å². The van der Waals surface area contributed by atoms with Crippen molar-refractivity contribution >= 4 is 16.9 Å². The number of nitrogens with zero attached hydrogens (tertiary/aromatic N) is 1. The Morgan fingerprint density at radius 3 is 2.50 bits per heavy atom. The Balaban J connectivity index is 2.34. The summed E-state index contributed by atoms with van der Waals surface area (Å²) in [6, 6.07) is 10.6. The third-order valence-corrected chi connectivity index (χ3v) is 3.63. The van der Waals surface area contributed by atoms with Gasteiger partial charge in [0.05, 0.1) is 19.8 Å². The average Bonchev–Trinajstić information content (AvgIpc) is 2.98. The Kier molecular flexibility index (Phi) is 3.92. The summed E-state index contributed by atoms with van der Waals surface area (Å²) in [4.78, 5) is 12.2. The monoisotopic (exact) mass is 325 g/mol. The van der Waals surface area contributed by atoms with Gasteiger partial charge in [-0.1, -0.05) is 0 Å². The van der Waals surface area contributed by atoms with E-state index in [-0.39, 0.29) is 16.9 Å². The summed E-state index contributed by atoms with van der Waals surface area (Å²) in [5, 5.41) is 9.64. The molecule has 1 aromatic heterocycles. The van der Waals surface area contributed by atoms with Gasteiger partial charge in [-0.3, -0.25) is 0 Å². The van der Waals surface area contributed by atoms with E-state index in [1.807, 2.05) is 6.07 Å². The van der Waals surface area contributed by atoms with E-state index in [4.69, 9.17) is 13.9 Å². The minimum Gasteiger partial charge on any atom is -0.495 e. The number of hydrogen-bond donors (Lipinski definition) is 0. The summed E-state index contributed by atoms with van der Waals surface area (Å²) >= 11 is 0. The van der Waals surface area contributed by atoms with Gasteiger partial charge >= 0.3 is 5.97 Å². The van der Waals surface area contributed by atoms with Crippen LogP contribution in [0.1, 0.15) is 15.9 Å². The number of methoxy groups -OCH3 is 2. The molecule has 24 heavy (non-hydrogen) atoms. The third kappa shape index (κ3) is 2.46.